The maximum absolute atomic E-state index is 13.3. The van der Waals surface area contributed by atoms with Gasteiger partial charge >= 0.3 is 0 Å². The molecule has 4 heteroatoms. The van der Waals surface area contributed by atoms with E-state index in [4.69, 9.17) is 0 Å². The average molecular weight is 293 g/mol. The van der Waals surface area contributed by atoms with E-state index in [9.17, 15) is 13.2 Å². The minimum Gasteiger partial charge on any atom is -0.310 e. The Kier molecular flexibility index (Phi) is 5.02. The maximum Gasteiger partial charge on any atom is 0.159 e. The van der Waals surface area contributed by atoms with Gasteiger partial charge in [0.1, 0.15) is 5.82 Å². The Labute approximate surface area is 122 Å². The predicted molar refractivity (Wildman–Crippen MR) is 77.6 cm³/mol. The van der Waals surface area contributed by atoms with Crippen molar-refractivity contribution < 1.29 is 13.2 Å². The quantitative estimate of drug-likeness (QED) is 0.866. The van der Waals surface area contributed by atoms with E-state index in [2.05, 4.69) is 5.32 Å². The predicted octanol–water partition coefficient (Wildman–Crippen LogP) is 4.31. The van der Waals surface area contributed by atoms with Crippen LogP contribution in [0.15, 0.2) is 36.4 Å². The van der Waals surface area contributed by atoms with Gasteiger partial charge in [-0.05, 0) is 60.8 Å². The van der Waals surface area contributed by atoms with E-state index in [1.165, 1.54) is 18.2 Å². The first-order valence-electron chi connectivity index (χ1n) is 6.94. The number of hydrogen-bond donors (Lipinski definition) is 1. The van der Waals surface area contributed by atoms with Gasteiger partial charge in [0.05, 0.1) is 0 Å². The van der Waals surface area contributed by atoms with Crippen LogP contribution in [0.25, 0.3) is 0 Å². The van der Waals surface area contributed by atoms with Crippen LogP contribution in [0.5, 0.6) is 0 Å². The van der Waals surface area contributed by atoms with E-state index in [0.29, 0.717) is 12.0 Å². The highest BCUT2D eigenvalue weighted by atomic mass is 19.2. The summed E-state index contributed by atoms with van der Waals surface area (Å²) in [5.74, 6) is -1.98. The second-order valence-corrected chi connectivity index (χ2v) is 5.06. The molecule has 0 bridgehead atoms. The molecule has 2 aromatic rings. The first-order chi connectivity index (χ1) is 10.0. The molecule has 0 radical (unpaired) electrons. The minimum absolute atomic E-state index is 0.0690. The molecule has 0 saturated heterocycles. The maximum atomic E-state index is 13.3. The van der Waals surface area contributed by atoms with Crippen molar-refractivity contribution >= 4 is 0 Å². The van der Waals surface area contributed by atoms with Crippen LogP contribution in [-0.2, 0) is 6.42 Å². The van der Waals surface area contributed by atoms with E-state index in [1.807, 2.05) is 13.8 Å². The first kappa shape index (κ1) is 15.6. The number of aryl methyl sites for hydroxylation is 1. The molecule has 0 heterocycles. The smallest absolute Gasteiger partial charge is 0.159 e. The van der Waals surface area contributed by atoms with Gasteiger partial charge < -0.3 is 5.32 Å². The Bertz CT molecular complexity index is 625. The summed E-state index contributed by atoms with van der Waals surface area (Å²) >= 11 is 0. The molecule has 2 aromatic carbocycles. The van der Waals surface area contributed by atoms with Crippen LogP contribution in [0.2, 0.25) is 0 Å². The lowest BCUT2D eigenvalue weighted by molar-refractivity contribution is 0.502. The van der Waals surface area contributed by atoms with Gasteiger partial charge in [-0.1, -0.05) is 19.1 Å². The van der Waals surface area contributed by atoms with Crippen LogP contribution in [0.3, 0.4) is 0 Å². The normalized spacial score (nSPS) is 12.4. The molecule has 0 aliphatic rings. The van der Waals surface area contributed by atoms with Gasteiger partial charge in [0.2, 0.25) is 0 Å². The van der Waals surface area contributed by atoms with Gasteiger partial charge in [-0.2, -0.15) is 0 Å². The molecule has 0 fully saturated rings. The molecule has 112 valence electrons. The van der Waals surface area contributed by atoms with Gasteiger partial charge in [-0.3, -0.25) is 0 Å². The van der Waals surface area contributed by atoms with Crippen molar-refractivity contribution in [1.82, 2.24) is 5.32 Å². The van der Waals surface area contributed by atoms with Gasteiger partial charge in [0, 0.05) is 6.04 Å². The van der Waals surface area contributed by atoms with Crippen molar-refractivity contribution in [1.29, 1.82) is 0 Å². The highest BCUT2D eigenvalue weighted by molar-refractivity contribution is 5.31. The third-order valence-corrected chi connectivity index (χ3v) is 3.48. The molecule has 0 aliphatic heterocycles. The molecule has 1 unspecified atom stereocenters. The highest BCUT2D eigenvalue weighted by Gasteiger charge is 2.15. The molecule has 2 rings (SSSR count). The third kappa shape index (κ3) is 3.85. The van der Waals surface area contributed by atoms with Gasteiger partial charge in [0.25, 0.3) is 0 Å². The van der Waals surface area contributed by atoms with E-state index in [0.717, 1.165) is 23.7 Å². The summed E-state index contributed by atoms with van der Waals surface area (Å²) in [5, 5.41) is 3.30. The van der Waals surface area contributed by atoms with Crippen LogP contribution < -0.4 is 5.32 Å². The topological polar surface area (TPSA) is 12.0 Å². The Morgan fingerprint density at radius 1 is 1.00 bits per heavy atom. The summed E-state index contributed by atoms with van der Waals surface area (Å²) in [4.78, 5) is 0. The summed E-state index contributed by atoms with van der Waals surface area (Å²) in [6, 6.07) is 8.46. The van der Waals surface area contributed by atoms with E-state index >= 15 is 0 Å². The molecule has 0 aliphatic carbocycles. The number of likely N-dealkylation sites (N-methyl/N-ethyl adjacent to an activating group) is 1. The zero-order valence-corrected chi connectivity index (χ0v) is 12.1. The summed E-state index contributed by atoms with van der Waals surface area (Å²) in [7, 11) is 0. The third-order valence-electron chi connectivity index (χ3n) is 3.48. The zero-order valence-electron chi connectivity index (χ0n) is 12.1. The largest absolute Gasteiger partial charge is 0.310 e. The van der Waals surface area contributed by atoms with Crippen molar-refractivity contribution in [3.63, 3.8) is 0 Å². The van der Waals surface area contributed by atoms with Crippen LogP contribution >= 0.6 is 0 Å². The number of rotatable bonds is 5. The summed E-state index contributed by atoms with van der Waals surface area (Å²) in [6.45, 7) is 4.54. The first-order valence-corrected chi connectivity index (χ1v) is 6.94. The van der Waals surface area contributed by atoms with Crippen LogP contribution in [0, 0.1) is 24.4 Å². The molecule has 0 amide bonds. The summed E-state index contributed by atoms with van der Waals surface area (Å²) in [5.41, 5.74) is 2.50. The van der Waals surface area contributed by atoms with Crippen molar-refractivity contribution in [3.8, 4) is 0 Å². The number of hydrogen-bond acceptors (Lipinski definition) is 1. The standard InChI is InChI=1S/C17H18F3N/c1-3-21-17(14-6-5-13(18)8-11(14)2)10-12-4-7-15(19)16(20)9-12/h4-9,17,21H,3,10H2,1-2H3. The molecule has 0 spiro atoms. The lowest BCUT2D eigenvalue weighted by Gasteiger charge is -2.20. The van der Waals surface area contributed by atoms with E-state index in [-0.39, 0.29) is 11.9 Å². The zero-order chi connectivity index (χ0) is 15.4. The van der Waals surface area contributed by atoms with Crippen molar-refractivity contribution in [2.24, 2.45) is 0 Å². The lowest BCUT2D eigenvalue weighted by Crippen LogP contribution is -2.23. The van der Waals surface area contributed by atoms with Crippen molar-refractivity contribution in [2.75, 3.05) is 6.54 Å². The molecule has 1 nitrogen and oxygen atoms in total. The summed E-state index contributed by atoms with van der Waals surface area (Å²) < 4.78 is 39.5. The molecule has 1 N–H and O–H groups in total. The van der Waals surface area contributed by atoms with E-state index < -0.39 is 11.6 Å². The Morgan fingerprint density at radius 3 is 2.38 bits per heavy atom. The minimum atomic E-state index is -0.850. The van der Waals surface area contributed by atoms with Crippen molar-refractivity contribution in [3.05, 3.63) is 70.5 Å². The van der Waals surface area contributed by atoms with Gasteiger partial charge in [0.15, 0.2) is 11.6 Å². The lowest BCUT2D eigenvalue weighted by atomic mass is 9.95. The van der Waals surface area contributed by atoms with Gasteiger partial charge in [-0.25, -0.2) is 13.2 Å². The highest BCUT2D eigenvalue weighted by Crippen LogP contribution is 2.23. The Balaban J connectivity index is 2.28. The SMILES string of the molecule is CCNC(Cc1ccc(F)c(F)c1)c1ccc(F)cc1C. The Morgan fingerprint density at radius 2 is 1.76 bits per heavy atom. The van der Waals surface area contributed by atoms with Gasteiger partial charge in [-0.15, -0.1) is 0 Å². The van der Waals surface area contributed by atoms with E-state index in [1.54, 1.807) is 12.1 Å². The fourth-order valence-corrected chi connectivity index (χ4v) is 2.47. The molecular weight excluding hydrogens is 275 g/mol. The molecule has 0 aromatic heterocycles. The molecule has 21 heavy (non-hydrogen) atoms. The fraction of sp³-hybridized carbons (Fsp3) is 0.294. The van der Waals surface area contributed by atoms with Crippen LogP contribution in [0.4, 0.5) is 13.2 Å². The second-order valence-electron chi connectivity index (χ2n) is 5.06. The van der Waals surface area contributed by atoms with Crippen molar-refractivity contribution in [2.45, 2.75) is 26.3 Å². The second kappa shape index (κ2) is 6.76. The van der Waals surface area contributed by atoms with Crippen LogP contribution in [0.1, 0.15) is 29.7 Å². The van der Waals surface area contributed by atoms with Crippen LogP contribution in [-0.4, -0.2) is 6.54 Å². The molecular formula is C17H18F3N. The fourth-order valence-electron chi connectivity index (χ4n) is 2.47. The average Bonchev–Trinajstić information content (AvgIpc) is 2.42. The molecule has 1 atom stereocenters. The number of benzene rings is 2. The number of halogens is 3. The Hall–Kier alpha value is -1.81. The summed E-state index contributed by atoms with van der Waals surface area (Å²) in [6.07, 6.45) is 0.511. The monoisotopic (exact) mass is 293 g/mol. The number of nitrogens with one attached hydrogen (secondary N) is 1. The molecule has 0 saturated carbocycles.